The average molecular weight is 353 g/mol. The zero-order chi connectivity index (χ0) is 18.4. The third kappa shape index (κ3) is 5.34. The van der Waals surface area contributed by atoms with E-state index >= 15 is 0 Å². The number of carbonyl (C=O) groups is 3. The molecule has 1 atom stereocenters. The molecule has 1 unspecified atom stereocenters. The number of nitrogens with zero attached hydrogens (tertiary/aromatic N) is 1. The van der Waals surface area contributed by atoms with Crippen molar-refractivity contribution < 1.29 is 28.3 Å². The summed E-state index contributed by atoms with van der Waals surface area (Å²) >= 11 is 0. The molecule has 1 amide bonds. The van der Waals surface area contributed by atoms with E-state index in [2.05, 4.69) is 0 Å². The molecule has 0 radical (unpaired) electrons. The van der Waals surface area contributed by atoms with Gasteiger partial charge in [0.15, 0.2) is 17.4 Å². The maximum atomic E-state index is 13.2. The Morgan fingerprint density at radius 1 is 1.08 bits per heavy atom. The highest BCUT2D eigenvalue weighted by molar-refractivity contribution is 5.98. The predicted molar refractivity (Wildman–Crippen MR) is 86.1 cm³/mol. The lowest BCUT2D eigenvalue weighted by molar-refractivity contribution is -0.140. The SMILES string of the molecule is O=C(O)CCC1CCCCN1C(=O)CCC(=O)c1ccc(F)c(F)c1. The van der Waals surface area contributed by atoms with Gasteiger partial charge in [0.05, 0.1) is 0 Å². The molecule has 136 valence electrons. The third-order valence-corrected chi connectivity index (χ3v) is 4.45. The Labute approximate surface area is 144 Å². The average Bonchev–Trinajstić information content (AvgIpc) is 2.60. The van der Waals surface area contributed by atoms with E-state index in [-0.39, 0.29) is 36.8 Å². The summed E-state index contributed by atoms with van der Waals surface area (Å²) in [6.45, 7) is 0.558. The van der Waals surface area contributed by atoms with Crippen LogP contribution in [0.3, 0.4) is 0 Å². The number of aliphatic carboxylic acids is 1. The first-order chi connectivity index (χ1) is 11.9. The van der Waals surface area contributed by atoms with Gasteiger partial charge in [0.1, 0.15) is 0 Å². The molecule has 0 aliphatic carbocycles. The number of carboxylic acid groups (broad SMARTS) is 1. The highest BCUT2D eigenvalue weighted by Crippen LogP contribution is 2.22. The molecule has 7 heteroatoms. The molecule has 25 heavy (non-hydrogen) atoms. The van der Waals surface area contributed by atoms with Gasteiger partial charge in [-0.1, -0.05) is 0 Å². The largest absolute Gasteiger partial charge is 0.481 e. The van der Waals surface area contributed by atoms with Crippen molar-refractivity contribution >= 4 is 17.7 Å². The number of rotatable bonds is 7. The van der Waals surface area contributed by atoms with E-state index in [1.807, 2.05) is 0 Å². The fourth-order valence-corrected chi connectivity index (χ4v) is 3.10. The second-order valence-corrected chi connectivity index (χ2v) is 6.22. The van der Waals surface area contributed by atoms with E-state index in [4.69, 9.17) is 5.11 Å². The molecule has 0 bridgehead atoms. The number of halogens is 2. The number of benzene rings is 1. The maximum absolute atomic E-state index is 13.2. The molecule has 5 nitrogen and oxygen atoms in total. The highest BCUT2D eigenvalue weighted by Gasteiger charge is 2.27. The topological polar surface area (TPSA) is 74.7 Å². The van der Waals surface area contributed by atoms with Crippen LogP contribution in [-0.2, 0) is 9.59 Å². The molecule has 1 N–H and O–H groups in total. The van der Waals surface area contributed by atoms with Crippen LogP contribution in [0.5, 0.6) is 0 Å². The van der Waals surface area contributed by atoms with Crippen LogP contribution in [0.15, 0.2) is 18.2 Å². The minimum absolute atomic E-state index is 0.00222. The smallest absolute Gasteiger partial charge is 0.303 e. The molecule has 0 saturated carbocycles. The van der Waals surface area contributed by atoms with Crippen LogP contribution in [-0.4, -0.2) is 40.3 Å². The number of carbonyl (C=O) groups excluding carboxylic acids is 2. The van der Waals surface area contributed by atoms with Gasteiger partial charge in [-0.3, -0.25) is 14.4 Å². The standard InChI is InChI=1S/C18H21F2NO4/c19-14-6-4-12(11-15(14)20)16(22)7-8-17(23)21-10-2-1-3-13(21)5-9-18(24)25/h4,6,11,13H,1-3,5,7-10H2,(H,24,25). The number of hydrogen-bond acceptors (Lipinski definition) is 3. The maximum Gasteiger partial charge on any atom is 0.303 e. The van der Waals surface area contributed by atoms with Crippen LogP contribution < -0.4 is 0 Å². The summed E-state index contributed by atoms with van der Waals surface area (Å²) in [6, 6.07) is 2.80. The minimum Gasteiger partial charge on any atom is -0.481 e. The van der Waals surface area contributed by atoms with Crippen LogP contribution in [0.1, 0.15) is 55.3 Å². The van der Waals surface area contributed by atoms with Crippen molar-refractivity contribution in [3.8, 4) is 0 Å². The zero-order valence-corrected chi connectivity index (χ0v) is 13.8. The molecule has 1 aromatic rings. The molecular weight excluding hydrogens is 332 g/mol. The Kier molecular flexibility index (Phi) is 6.61. The molecule has 1 fully saturated rings. The molecule has 1 aromatic carbocycles. The number of ketones is 1. The Morgan fingerprint density at radius 3 is 2.52 bits per heavy atom. The first-order valence-electron chi connectivity index (χ1n) is 8.38. The molecule has 2 rings (SSSR count). The van der Waals surface area contributed by atoms with Crippen LogP contribution in [0.2, 0.25) is 0 Å². The Hall–Kier alpha value is -2.31. The van der Waals surface area contributed by atoms with Gasteiger partial charge in [0.2, 0.25) is 5.91 Å². The normalized spacial score (nSPS) is 17.4. The molecule has 1 saturated heterocycles. The predicted octanol–water partition coefficient (Wildman–Crippen LogP) is 3.17. The fraction of sp³-hybridized carbons (Fsp3) is 0.500. The van der Waals surface area contributed by atoms with Gasteiger partial charge in [-0.05, 0) is 43.9 Å². The number of carboxylic acids is 1. The van der Waals surface area contributed by atoms with Crippen molar-refractivity contribution in [1.82, 2.24) is 4.90 Å². The molecule has 0 spiro atoms. The molecule has 1 heterocycles. The zero-order valence-electron chi connectivity index (χ0n) is 13.8. The van der Waals surface area contributed by atoms with Gasteiger partial charge >= 0.3 is 5.97 Å². The van der Waals surface area contributed by atoms with Gasteiger partial charge in [-0.15, -0.1) is 0 Å². The van der Waals surface area contributed by atoms with Gasteiger partial charge in [0.25, 0.3) is 0 Å². The van der Waals surface area contributed by atoms with Crippen molar-refractivity contribution in [1.29, 1.82) is 0 Å². The Balaban J connectivity index is 1.91. The summed E-state index contributed by atoms with van der Waals surface area (Å²) in [5.41, 5.74) is 0.0350. The van der Waals surface area contributed by atoms with Crippen molar-refractivity contribution in [3.05, 3.63) is 35.4 Å². The lowest BCUT2D eigenvalue weighted by Gasteiger charge is -2.35. The summed E-state index contributed by atoms with van der Waals surface area (Å²) in [5, 5.41) is 8.81. The van der Waals surface area contributed by atoms with Crippen molar-refractivity contribution in [2.75, 3.05) is 6.54 Å². The number of likely N-dealkylation sites (tertiary alicyclic amines) is 1. The van der Waals surface area contributed by atoms with Crippen LogP contribution in [0.4, 0.5) is 8.78 Å². The summed E-state index contributed by atoms with van der Waals surface area (Å²) in [7, 11) is 0. The van der Waals surface area contributed by atoms with E-state index in [0.29, 0.717) is 13.0 Å². The van der Waals surface area contributed by atoms with Crippen molar-refractivity contribution in [2.24, 2.45) is 0 Å². The number of amides is 1. The minimum atomic E-state index is -1.10. The fourth-order valence-electron chi connectivity index (χ4n) is 3.10. The summed E-state index contributed by atoms with van der Waals surface area (Å²) in [6.07, 6.45) is 2.85. The highest BCUT2D eigenvalue weighted by atomic mass is 19.2. The van der Waals surface area contributed by atoms with Gasteiger partial charge in [0, 0.05) is 37.4 Å². The van der Waals surface area contributed by atoms with E-state index in [1.165, 1.54) is 6.07 Å². The van der Waals surface area contributed by atoms with Gasteiger partial charge < -0.3 is 10.0 Å². The lowest BCUT2D eigenvalue weighted by atomic mass is 9.97. The number of piperidine rings is 1. The Bertz CT molecular complexity index is 662. The molecule has 0 aromatic heterocycles. The second kappa shape index (κ2) is 8.69. The summed E-state index contributed by atoms with van der Waals surface area (Å²) < 4.78 is 26.1. The van der Waals surface area contributed by atoms with Crippen molar-refractivity contribution in [2.45, 2.75) is 51.0 Å². The van der Waals surface area contributed by atoms with E-state index < -0.39 is 23.4 Å². The second-order valence-electron chi connectivity index (χ2n) is 6.22. The lowest BCUT2D eigenvalue weighted by Crippen LogP contribution is -2.44. The van der Waals surface area contributed by atoms with E-state index in [9.17, 15) is 23.2 Å². The monoisotopic (exact) mass is 353 g/mol. The third-order valence-electron chi connectivity index (χ3n) is 4.45. The summed E-state index contributed by atoms with van der Waals surface area (Å²) in [5.74, 6) is -3.65. The van der Waals surface area contributed by atoms with Crippen LogP contribution in [0.25, 0.3) is 0 Å². The van der Waals surface area contributed by atoms with Crippen LogP contribution in [0, 0.1) is 11.6 Å². The quantitative estimate of drug-likeness (QED) is 0.764. The van der Waals surface area contributed by atoms with E-state index in [1.54, 1.807) is 4.90 Å². The first kappa shape index (κ1) is 19.0. The van der Waals surface area contributed by atoms with Crippen LogP contribution >= 0.6 is 0 Å². The molecular formula is C18H21F2NO4. The number of hydrogen-bond donors (Lipinski definition) is 1. The summed E-state index contributed by atoms with van der Waals surface area (Å²) in [4.78, 5) is 36.9. The molecule has 1 aliphatic heterocycles. The van der Waals surface area contributed by atoms with E-state index in [0.717, 1.165) is 31.4 Å². The van der Waals surface area contributed by atoms with Gasteiger partial charge in [-0.25, -0.2) is 8.78 Å². The Morgan fingerprint density at radius 2 is 1.84 bits per heavy atom. The molecule has 1 aliphatic rings. The van der Waals surface area contributed by atoms with Crippen molar-refractivity contribution in [3.63, 3.8) is 0 Å². The van der Waals surface area contributed by atoms with Gasteiger partial charge in [-0.2, -0.15) is 0 Å². The number of Topliss-reactive ketones (excluding diaryl/α,β-unsaturated/α-hetero) is 1. The first-order valence-corrected chi connectivity index (χ1v) is 8.38.